The molecule has 2 rings (SSSR count). The van der Waals surface area contributed by atoms with Crippen LogP contribution in [-0.2, 0) is 0 Å². The van der Waals surface area contributed by atoms with Crippen LogP contribution in [0.15, 0.2) is 18.3 Å². The fourth-order valence-corrected chi connectivity index (χ4v) is 3.25. The topological polar surface area (TPSA) is 31.4 Å². The predicted molar refractivity (Wildman–Crippen MR) is 83.7 cm³/mol. The molecular weight excluding hydrogens is 267 g/mol. The second kappa shape index (κ2) is 7.29. The highest BCUT2D eigenvalue weighted by Gasteiger charge is 2.30. The van der Waals surface area contributed by atoms with E-state index in [0.29, 0.717) is 12.0 Å². The van der Waals surface area contributed by atoms with Crippen molar-refractivity contribution in [1.82, 2.24) is 20.1 Å². The van der Waals surface area contributed by atoms with Gasteiger partial charge in [-0.3, -0.25) is 4.98 Å². The summed E-state index contributed by atoms with van der Waals surface area (Å²) in [6.07, 6.45) is 2.28. The lowest BCUT2D eigenvalue weighted by atomic mass is 10.1. The fraction of sp³-hybridized carbons (Fsp3) is 0.688. The van der Waals surface area contributed by atoms with Gasteiger partial charge in [-0.05, 0) is 45.6 Å². The lowest BCUT2D eigenvalue weighted by molar-refractivity contribution is 0.248. The summed E-state index contributed by atoms with van der Waals surface area (Å²) in [6.45, 7) is 5.64. The molecule has 2 heterocycles. The molecule has 5 heteroatoms. The third kappa shape index (κ3) is 4.22. The first kappa shape index (κ1) is 16.3. The number of pyridine rings is 1. The Morgan fingerprint density at radius 1 is 1.43 bits per heavy atom. The van der Waals surface area contributed by atoms with Crippen LogP contribution >= 0.6 is 0 Å². The SMILES string of the molecule is CNC(CCN1CC(C)C(N(C)C)C1)c1ccc(F)cn1. The van der Waals surface area contributed by atoms with Crippen molar-refractivity contribution in [2.45, 2.75) is 25.4 Å². The van der Waals surface area contributed by atoms with E-state index >= 15 is 0 Å². The van der Waals surface area contributed by atoms with Gasteiger partial charge in [0.05, 0.1) is 17.9 Å². The Bertz CT molecular complexity index is 434. The Hall–Kier alpha value is -1.04. The van der Waals surface area contributed by atoms with E-state index in [0.717, 1.165) is 31.7 Å². The van der Waals surface area contributed by atoms with Gasteiger partial charge in [-0.25, -0.2) is 4.39 Å². The molecule has 0 aromatic carbocycles. The van der Waals surface area contributed by atoms with Crippen LogP contribution in [-0.4, -0.2) is 61.6 Å². The number of aromatic nitrogens is 1. The molecule has 0 spiro atoms. The van der Waals surface area contributed by atoms with Crippen molar-refractivity contribution in [1.29, 1.82) is 0 Å². The summed E-state index contributed by atoms with van der Waals surface area (Å²) in [6, 6.07) is 4.07. The van der Waals surface area contributed by atoms with E-state index in [2.05, 4.69) is 41.1 Å². The van der Waals surface area contributed by atoms with Gasteiger partial charge in [0, 0.05) is 25.7 Å². The minimum atomic E-state index is -0.282. The number of likely N-dealkylation sites (N-methyl/N-ethyl adjacent to an activating group) is 1. The molecule has 21 heavy (non-hydrogen) atoms. The molecule has 1 fully saturated rings. The Balaban J connectivity index is 1.88. The van der Waals surface area contributed by atoms with Crippen LogP contribution in [0.4, 0.5) is 4.39 Å². The quantitative estimate of drug-likeness (QED) is 0.866. The molecule has 1 aliphatic heterocycles. The predicted octanol–water partition coefficient (Wildman–Crippen LogP) is 1.75. The Morgan fingerprint density at radius 2 is 2.19 bits per heavy atom. The largest absolute Gasteiger partial charge is 0.312 e. The van der Waals surface area contributed by atoms with E-state index in [1.54, 1.807) is 6.07 Å². The highest BCUT2D eigenvalue weighted by Crippen LogP contribution is 2.22. The average molecular weight is 294 g/mol. The zero-order valence-corrected chi connectivity index (χ0v) is 13.5. The van der Waals surface area contributed by atoms with E-state index in [1.165, 1.54) is 12.3 Å². The Kier molecular flexibility index (Phi) is 5.67. The monoisotopic (exact) mass is 294 g/mol. The number of hydrogen-bond donors (Lipinski definition) is 1. The van der Waals surface area contributed by atoms with Crippen LogP contribution in [0.1, 0.15) is 25.1 Å². The number of hydrogen-bond acceptors (Lipinski definition) is 4. The molecule has 1 saturated heterocycles. The van der Waals surface area contributed by atoms with E-state index < -0.39 is 0 Å². The fourth-order valence-electron chi connectivity index (χ4n) is 3.25. The third-order valence-corrected chi connectivity index (χ3v) is 4.50. The standard InChI is InChI=1S/C16H27FN4/c1-12-10-21(11-16(12)20(3)4)8-7-14(18-2)15-6-5-13(17)9-19-15/h5-6,9,12,14,16,18H,7-8,10-11H2,1-4H3. The molecule has 3 atom stereocenters. The van der Waals surface area contributed by atoms with Crippen molar-refractivity contribution in [2.24, 2.45) is 5.92 Å². The number of nitrogens with one attached hydrogen (secondary N) is 1. The maximum Gasteiger partial charge on any atom is 0.141 e. The first-order valence-corrected chi connectivity index (χ1v) is 7.68. The second-order valence-corrected chi connectivity index (χ2v) is 6.30. The lowest BCUT2D eigenvalue weighted by Crippen LogP contribution is -2.34. The molecule has 4 nitrogen and oxygen atoms in total. The molecule has 1 aromatic heterocycles. The van der Waals surface area contributed by atoms with E-state index in [-0.39, 0.29) is 11.9 Å². The summed E-state index contributed by atoms with van der Waals surface area (Å²) in [5.41, 5.74) is 0.912. The summed E-state index contributed by atoms with van der Waals surface area (Å²) in [4.78, 5) is 9.03. The zero-order valence-electron chi connectivity index (χ0n) is 13.5. The summed E-state index contributed by atoms with van der Waals surface area (Å²) in [5, 5.41) is 3.28. The van der Waals surface area contributed by atoms with Gasteiger partial charge < -0.3 is 15.1 Å². The van der Waals surface area contributed by atoms with Gasteiger partial charge >= 0.3 is 0 Å². The molecule has 1 aromatic rings. The van der Waals surface area contributed by atoms with Crippen molar-refractivity contribution in [3.05, 3.63) is 29.8 Å². The molecule has 3 unspecified atom stereocenters. The van der Waals surface area contributed by atoms with Gasteiger partial charge in [-0.15, -0.1) is 0 Å². The number of halogens is 1. The maximum atomic E-state index is 13.0. The van der Waals surface area contributed by atoms with Crippen molar-refractivity contribution in [3.63, 3.8) is 0 Å². The van der Waals surface area contributed by atoms with Crippen LogP contribution < -0.4 is 5.32 Å². The van der Waals surface area contributed by atoms with Crippen molar-refractivity contribution in [2.75, 3.05) is 40.8 Å². The normalized spacial score (nSPS) is 24.7. The first-order chi connectivity index (χ1) is 10.0. The molecule has 0 amide bonds. The molecule has 0 bridgehead atoms. The summed E-state index contributed by atoms with van der Waals surface area (Å²) >= 11 is 0. The van der Waals surface area contributed by atoms with Crippen LogP contribution in [0.2, 0.25) is 0 Å². The first-order valence-electron chi connectivity index (χ1n) is 7.68. The molecule has 0 saturated carbocycles. The molecule has 118 valence electrons. The van der Waals surface area contributed by atoms with Gasteiger partial charge in [0.25, 0.3) is 0 Å². The number of likely N-dealkylation sites (tertiary alicyclic amines) is 1. The number of nitrogens with zero attached hydrogens (tertiary/aromatic N) is 3. The minimum Gasteiger partial charge on any atom is -0.312 e. The molecule has 1 N–H and O–H groups in total. The Morgan fingerprint density at radius 3 is 2.71 bits per heavy atom. The van der Waals surface area contributed by atoms with Gasteiger partial charge in [0.2, 0.25) is 0 Å². The van der Waals surface area contributed by atoms with E-state index in [9.17, 15) is 4.39 Å². The smallest absolute Gasteiger partial charge is 0.141 e. The van der Waals surface area contributed by atoms with Crippen molar-refractivity contribution < 1.29 is 4.39 Å². The van der Waals surface area contributed by atoms with Crippen LogP contribution in [0.3, 0.4) is 0 Å². The van der Waals surface area contributed by atoms with Crippen LogP contribution in [0.25, 0.3) is 0 Å². The summed E-state index contributed by atoms with van der Waals surface area (Å²) in [5.74, 6) is 0.424. The third-order valence-electron chi connectivity index (χ3n) is 4.50. The van der Waals surface area contributed by atoms with Crippen molar-refractivity contribution in [3.8, 4) is 0 Å². The highest BCUT2D eigenvalue weighted by molar-refractivity contribution is 5.09. The van der Waals surface area contributed by atoms with Crippen LogP contribution in [0, 0.1) is 11.7 Å². The van der Waals surface area contributed by atoms with Crippen molar-refractivity contribution >= 4 is 0 Å². The number of rotatable bonds is 6. The molecule has 0 aliphatic carbocycles. The summed E-state index contributed by atoms with van der Waals surface area (Å²) in [7, 11) is 6.25. The Labute approximate surface area is 127 Å². The summed E-state index contributed by atoms with van der Waals surface area (Å²) < 4.78 is 13.0. The minimum absolute atomic E-state index is 0.180. The second-order valence-electron chi connectivity index (χ2n) is 6.30. The molecular formula is C16H27FN4. The zero-order chi connectivity index (χ0) is 15.4. The highest BCUT2D eigenvalue weighted by atomic mass is 19.1. The van der Waals surface area contributed by atoms with Gasteiger partial charge in [0.1, 0.15) is 5.82 Å². The molecule has 1 aliphatic rings. The van der Waals surface area contributed by atoms with Gasteiger partial charge in [0.15, 0.2) is 0 Å². The maximum absolute atomic E-state index is 13.0. The van der Waals surface area contributed by atoms with Gasteiger partial charge in [-0.1, -0.05) is 6.92 Å². The van der Waals surface area contributed by atoms with E-state index in [4.69, 9.17) is 0 Å². The average Bonchev–Trinajstić information content (AvgIpc) is 2.82. The van der Waals surface area contributed by atoms with Crippen LogP contribution in [0.5, 0.6) is 0 Å². The van der Waals surface area contributed by atoms with Gasteiger partial charge in [-0.2, -0.15) is 0 Å². The molecule has 0 radical (unpaired) electrons. The lowest BCUT2D eigenvalue weighted by Gasteiger charge is -2.23. The van der Waals surface area contributed by atoms with E-state index in [1.807, 2.05) is 7.05 Å².